The van der Waals surface area contributed by atoms with Gasteiger partial charge in [0, 0.05) is 13.5 Å². The van der Waals surface area contributed by atoms with Gasteiger partial charge in [-0.05, 0) is 12.5 Å². The highest BCUT2D eigenvalue weighted by Gasteiger charge is 2.45. The summed E-state index contributed by atoms with van der Waals surface area (Å²) >= 11 is 3.50. The fraction of sp³-hybridized carbons (Fsp3) is 0.538. The van der Waals surface area contributed by atoms with Gasteiger partial charge in [0.2, 0.25) is 0 Å². The van der Waals surface area contributed by atoms with Crippen molar-refractivity contribution >= 4 is 15.9 Å². The molecule has 0 unspecified atom stereocenters. The second-order valence-corrected chi connectivity index (χ2v) is 5.41. The zero-order chi connectivity index (χ0) is 12.5. The minimum Gasteiger partial charge on any atom is -0.384 e. The summed E-state index contributed by atoms with van der Waals surface area (Å²) in [5.74, 6) is 0. The predicted octanol–water partition coefficient (Wildman–Crippen LogP) is 2.34. The van der Waals surface area contributed by atoms with Gasteiger partial charge in [-0.15, -0.1) is 0 Å². The molecular weight excluding hydrogens is 284 g/mol. The van der Waals surface area contributed by atoms with Crippen LogP contribution in [-0.2, 0) is 15.1 Å². The van der Waals surface area contributed by atoms with Crippen LogP contribution < -0.4 is 0 Å². The van der Waals surface area contributed by atoms with Gasteiger partial charge in [0.25, 0.3) is 0 Å². The maximum Gasteiger partial charge on any atom is 0.172 e. The largest absolute Gasteiger partial charge is 0.384 e. The molecule has 0 bridgehead atoms. The fourth-order valence-corrected chi connectivity index (χ4v) is 3.05. The molecule has 1 heterocycles. The topological polar surface area (TPSA) is 38.7 Å². The molecule has 0 radical (unpaired) electrons. The fourth-order valence-electron chi connectivity index (χ4n) is 2.18. The Hall–Kier alpha value is -0.420. The number of alkyl halides is 1. The summed E-state index contributed by atoms with van der Waals surface area (Å²) in [6.07, 6.45) is 0.140. The lowest BCUT2D eigenvalue weighted by Crippen LogP contribution is -2.49. The highest BCUT2D eigenvalue weighted by Crippen LogP contribution is 2.39. The van der Waals surface area contributed by atoms with E-state index in [-0.39, 0.29) is 4.83 Å². The molecule has 1 aliphatic heterocycles. The third kappa shape index (κ3) is 2.40. The summed E-state index contributed by atoms with van der Waals surface area (Å²) in [7, 11) is 1.58. The lowest BCUT2D eigenvalue weighted by Gasteiger charge is -2.41. The number of hydrogen-bond acceptors (Lipinski definition) is 3. The Morgan fingerprint density at radius 1 is 1.53 bits per heavy atom. The molecule has 2 rings (SSSR count). The number of hydrogen-bond donors (Lipinski definition) is 1. The quantitative estimate of drug-likeness (QED) is 0.852. The first-order valence-corrected chi connectivity index (χ1v) is 6.57. The second-order valence-electron chi connectivity index (χ2n) is 4.42. The van der Waals surface area contributed by atoms with E-state index in [4.69, 9.17) is 9.47 Å². The zero-order valence-electron chi connectivity index (χ0n) is 10.0. The van der Waals surface area contributed by atoms with E-state index in [2.05, 4.69) is 15.9 Å². The summed E-state index contributed by atoms with van der Waals surface area (Å²) < 4.78 is 10.7. The molecule has 17 heavy (non-hydrogen) atoms. The van der Waals surface area contributed by atoms with Gasteiger partial charge >= 0.3 is 0 Å². The Balaban J connectivity index is 2.34. The molecule has 1 aliphatic rings. The first-order valence-electron chi connectivity index (χ1n) is 5.66. The number of methoxy groups -OCH3 is 1. The van der Waals surface area contributed by atoms with Gasteiger partial charge in [-0.3, -0.25) is 0 Å². The van der Waals surface area contributed by atoms with Crippen LogP contribution >= 0.6 is 15.9 Å². The minimum atomic E-state index is -0.940. The average molecular weight is 301 g/mol. The summed E-state index contributed by atoms with van der Waals surface area (Å²) in [4.78, 5) is -0.268. The van der Waals surface area contributed by atoms with Crippen LogP contribution in [0.5, 0.6) is 0 Å². The Bertz CT molecular complexity index is 396. The molecular formula is C13H17BrO3. The number of rotatable bonds is 2. The molecule has 0 spiro atoms. The molecule has 1 fully saturated rings. The Morgan fingerprint density at radius 3 is 2.94 bits per heavy atom. The van der Waals surface area contributed by atoms with Crippen molar-refractivity contribution in [3.05, 3.63) is 35.4 Å². The van der Waals surface area contributed by atoms with Gasteiger partial charge < -0.3 is 14.6 Å². The molecule has 1 aromatic carbocycles. The highest BCUT2D eigenvalue weighted by molar-refractivity contribution is 9.09. The monoisotopic (exact) mass is 300 g/mol. The highest BCUT2D eigenvalue weighted by atomic mass is 79.9. The Kier molecular flexibility index (Phi) is 3.88. The minimum absolute atomic E-state index is 0.268. The van der Waals surface area contributed by atoms with Gasteiger partial charge in [-0.1, -0.05) is 45.8 Å². The zero-order valence-corrected chi connectivity index (χ0v) is 11.6. The van der Waals surface area contributed by atoms with Crippen molar-refractivity contribution in [2.75, 3.05) is 13.7 Å². The van der Waals surface area contributed by atoms with Crippen LogP contribution in [0.15, 0.2) is 24.3 Å². The van der Waals surface area contributed by atoms with Crippen LogP contribution in [-0.4, -0.2) is 29.9 Å². The van der Waals surface area contributed by atoms with Crippen LogP contribution in [0.3, 0.4) is 0 Å². The molecule has 1 saturated heterocycles. The van der Waals surface area contributed by atoms with Crippen molar-refractivity contribution in [2.45, 2.75) is 30.1 Å². The molecule has 3 atom stereocenters. The van der Waals surface area contributed by atoms with Crippen LogP contribution in [0.4, 0.5) is 0 Å². The van der Waals surface area contributed by atoms with Crippen molar-refractivity contribution < 1.29 is 14.6 Å². The SMILES string of the molecule is CO[C@@H]1OCC[C@@](O)(c2cccc(C)c2)[C@@H]1Br. The number of benzene rings is 1. The van der Waals surface area contributed by atoms with E-state index in [9.17, 15) is 5.11 Å². The van der Waals surface area contributed by atoms with Crippen LogP contribution in [0.25, 0.3) is 0 Å². The molecule has 1 N–H and O–H groups in total. The number of aryl methyl sites for hydroxylation is 1. The van der Waals surface area contributed by atoms with Crippen molar-refractivity contribution in [2.24, 2.45) is 0 Å². The summed E-state index contributed by atoms with van der Waals surface area (Å²) in [5.41, 5.74) is 1.10. The van der Waals surface area contributed by atoms with E-state index in [1.165, 1.54) is 0 Å². The van der Waals surface area contributed by atoms with E-state index in [0.29, 0.717) is 13.0 Å². The molecule has 0 amide bonds. The maximum atomic E-state index is 10.8. The standard InChI is InChI=1S/C13H17BrO3/c1-9-4-3-5-10(8-9)13(15)6-7-17-12(16-2)11(13)14/h3-5,8,11-12,15H,6-7H2,1-2H3/t11-,12-,13-/m1/s1. The summed E-state index contributed by atoms with van der Waals surface area (Å²) in [6.45, 7) is 2.51. The van der Waals surface area contributed by atoms with Crippen molar-refractivity contribution in [3.63, 3.8) is 0 Å². The van der Waals surface area contributed by atoms with E-state index < -0.39 is 11.9 Å². The average Bonchev–Trinajstić information content (AvgIpc) is 2.33. The lowest BCUT2D eigenvalue weighted by atomic mass is 9.85. The van der Waals surface area contributed by atoms with E-state index in [1.807, 2.05) is 31.2 Å². The molecule has 1 aromatic rings. The molecule has 94 valence electrons. The third-order valence-electron chi connectivity index (χ3n) is 3.21. The number of halogens is 1. The number of aliphatic hydroxyl groups is 1. The first kappa shape index (κ1) is 13.0. The second kappa shape index (κ2) is 5.06. The summed E-state index contributed by atoms with van der Waals surface area (Å²) in [6, 6.07) is 7.93. The summed E-state index contributed by atoms with van der Waals surface area (Å²) in [5, 5.41) is 10.8. The van der Waals surface area contributed by atoms with Gasteiger partial charge in [0.15, 0.2) is 6.29 Å². The van der Waals surface area contributed by atoms with Crippen LogP contribution in [0, 0.1) is 6.92 Å². The smallest absolute Gasteiger partial charge is 0.172 e. The van der Waals surface area contributed by atoms with Gasteiger partial charge in [-0.25, -0.2) is 0 Å². The van der Waals surface area contributed by atoms with Crippen LogP contribution in [0.1, 0.15) is 17.5 Å². The van der Waals surface area contributed by atoms with E-state index >= 15 is 0 Å². The maximum absolute atomic E-state index is 10.8. The Labute approximate surface area is 110 Å². The van der Waals surface area contributed by atoms with Gasteiger partial charge in [0.1, 0.15) is 5.60 Å². The molecule has 3 nitrogen and oxygen atoms in total. The molecule has 0 aromatic heterocycles. The third-order valence-corrected chi connectivity index (χ3v) is 4.40. The van der Waals surface area contributed by atoms with Crippen LogP contribution in [0.2, 0.25) is 0 Å². The predicted molar refractivity (Wildman–Crippen MR) is 69.2 cm³/mol. The van der Waals surface area contributed by atoms with E-state index in [0.717, 1.165) is 11.1 Å². The molecule has 0 aliphatic carbocycles. The first-order chi connectivity index (χ1) is 8.08. The molecule has 4 heteroatoms. The van der Waals surface area contributed by atoms with Gasteiger partial charge in [-0.2, -0.15) is 0 Å². The van der Waals surface area contributed by atoms with Crippen molar-refractivity contribution in [1.29, 1.82) is 0 Å². The Morgan fingerprint density at radius 2 is 2.29 bits per heavy atom. The van der Waals surface area contributed by atoms with Gasteiger partial charge in [0.05, 0.1) is 11.4 Å². The normalized spacial score (nSPS) is 33.6. The number of ether oxygens (including phenoxy) is 2. The molecule has 0 saturated carbocycles. The van der Waals surface area contributed by atoms with Crippen molar-refractivity contribution in [3.8, 4) is 0 Å². The lowest BCUT2D eigenvalue weighted by molar-refractivity contribution is -0.194. The van der Waals surface area contributed by atoms with Crippen molar-refractivity contribution in [1.82, 2.24) is 0 Å². The van der Waals surface area contributed by atoms with E-state index in [1.54, 1.807) is 7.11 Å².